The highest BCUT2D eigenvalue weighted by atomic mass is 32.2. The predicted octanol–water partition coefficient (Wildman–Crippen LogP) is 1.64. The molecule has 7 nitrogen and oxygen atoms in total. The van der Waals surface area contributed by atoms with Crippen LogP contribution in [0.25, 0.3) is 5.69 Å². The topological polar surface area (TPSA) is 102 Å². The van der Waals surface area contributed by atoms with Gasteiger partial charge >= 0.3 is 0 Å². The van der Waals surface area contributed by atoms with Crippen LogP contribution in [0.15, 0.2) is 70.4 Å². The standard InChI is InChI=1S/C16H14N2O5S/c19-15-10-16(20)18(13-7-2-1-3-8-13)17(15)11-12-6-4-5-9-14(12)24(21,22)23/h1-10,19H,11H2,(H,21,22,23). The molecule has 0 radical (unpaired) electrons. The molecule has 3 rings (SSSR count). The molecular weight excluding hydrogens is 332 g/mol. The van der Waals surface area contributed by atoms with Gasteiger partial charge in [0.05, 0.1) is 23.2 Å². The predicted molar refractivity (Wildman–Crippen MR) is 87.1 cm³/mol. The molecule has 0 fully saturated rings. The van der Waals surface area contributed by atoms with E-state index in [1.54, 1.807) is 36.4 Å². The van der Waals surface area contributed by atoms with E-state index in [0.717, 1.165) is 6.07 Å². The van der Waals surface area contributed by atoms with Crippen molar-refractivity contribution in [2.24, 2.45) is 0 Å². The Labute approximate surface area is 137 Å². The first-order valence-electron chi connectivity index (χ1n) is 7.00. The van der Waals surface area contributed by atoms with Gasteiger partial charge in [-0.3, -0.25) is 9.35 Å². The van der Waals surface area contributed by atoms with Gasteiger partial charge in [0.15, 0.2) is 0 Å². The second-order valence-corrected chi connectivity index (χ2v) is 6.52. The molecule has 124 valence electrons. The number of hydrogen-bond donors (Lipinski definition) is 2. The molecule has 0 saturated heterocycles. The van der Waals surface area contributed by atoms with Gasteiger partial charge in [-0.1, -0.05) is 36.4 Å². The van der Waals surface area contributed by atoms with Gasteiger partial charge < -0.3 is 5.11 Å². The highest BCUT2D eigenvalue weighted by Crippen LogP contribution is 2.20. The smallest absolute Gasteiger partial charge is 0.294 e. The minimum Gasteiger partial charge on any atom is -0.493 e. The van der Waals surface area contributed by atoms with Crippen LogP contribution in [-0.4, -0.2) is 27.4 Å². The van der Waals surface area contributed by atoms with Gasteiger partial charge in [0.2, 0.25) is 5.88 Å². The van der Waals surface area contributed by atoms with Crippen molar-refractivity contribution in [3.8, 4) is 11.6 Å². The maximum absolute atomic E-state index is 12.1. The van der Waals surface area contributed by atoms with Crippen LogP contribution >= 0.6 is 0 Å². The Hall–Kier alpha value is -2.84. The zero-order valence-electron chi connectivity index (χ0n) is 12.4. The molecule has 3 aromatic rings. The summed E-state index contributed by atoms with van der Waals surface area (Å²) in [7, 11) is -4.42. The quantitative estimate of drug-likeness (QED) is 0.699. The number of aromatic nitrogens is 2. The molecule has 8 heteroatoms. The maximum atomic E-state index is 12.1. The molecule has 0 amide bonds. The van der Waals surface area contributed by atoms with E-state index < -0.39 is 15.7 Å². The highest BCUT2D eigenvalue weighted by molar-refractivity contribution is 7.85. The van der Waals surface area contributed by atoms with Gasteiger partial charge in [-0.05, 0) is 23.8 Å². The molecule has 0 unspecified atom stereocenters. The fourth-order valence-corrected chi connectivity index (χ4v) is 3.22. The van der Waals surface area contributed by atoms with Crippen molar-refractivity contribution in [1.82, 2.24) is 9.36 Å². The number of hydrogen-bond acceptors (Lipinski definition) is 4. The third-order valence-electron chi connectivity index (χ3n) is 3.54. The summed E-state index contributed by atoms with van der Waals surface area (Å²) in [4.78, 5) is 11.9. The zero-order valence-corrected chi connectivity index (χ0v) is 13.2. The monoisotopic (exact) mass is 346 g/mol. The molecular formula is C16H14N2O5S. The molecule has 1 heterocycles. The fraction of sp³-hybridized carbons (Fsp3) is 0.0625. The van der Waals surface area contributed by atoms with Gasteiger partial charge in [0, 0.05) is 0 Å². The van der Waals surface area contributed by atoms with E-state index in [2.05, 4.69) is 0 Å². The molecule has 24 heavy (non-hydrogen) atoms. The van der Waals surface area contributed by atoms with Crippen molar-refractivity contribution in [3.63, 3.8) is 0 Å². The summed E-state index contributed by atoms with van der Waals surface area (Å²) in [5, 5.41) is 10.1. The Bertz CT molecular complexity index is 1040. The van der Waals surface area contributed by atoms with Crippen molar-refractivity contribution >= 4 is 10.1 Å². The maximum Gasteiger partial charge on any atom is 0.294 e. The van der Waals surface area contributed by atoms with E-state index in [1.165, 1.54) is 27.6 Å². The molecule has 2 N–H and O–H groups in total. The average molecular weight is 346 g/mol. The van der Waals surface area contributed by atoms with E-state index in [-0.39, 0.29) is 22.9 Å². The van der Waals surface area contributed by atoms with E-state index in [4.69, 9.17) is 0 Å². The summed E-state index contributed by atoms with van der Waals surface area (Å²) in [6.45, 7) is -0.112. The van der Waals surface area contributed by atoms with Crippen molar-refractivity contribution in [2.75, 3.05) is 0 Å². The average Bonchev–Trinajstić information content (AvgIpc) is 2.81. The minimum absolute atomic E-state index is 0.112. The van der Waals surface area contributed by atoms with Crippen molar-refractivity contribution in [3.05, 3.63) is 76.6 Å². The summed E-state index contributed by atoms with van der Waals surface area (Å²) in [6, 6.07) is 15.5. The van der Waals surface area contributed by atoms with Crippen LogP contribution in [0, 0.1) is 0 Å². The summed E-state index contributed by atoms with van der Waals surface area (Å²) in [5.41, 5.74) is 0.311. The molecule has 0 spiro atoms. The normalized spacial score (nSPS) is 11.5. The Balaban J connectivity index is 2.16. The van der Waals surface area contributed by atoms with Crippen LogP contribution in [0.5, 0.6) is 5.88 Å². The largest absolute Gasteiger partial charge is 0.493 e. The molecule has 0 aliphatic rings. The van der Waals surface area contributed by atoms with E-state index in [1.807, 2.05) is 0 Å². The van der Waals surface area contributed by atoms with E-state index >= 15 is 0 Å². The van der Waals surface area contributed by atoms with Crippen molar-refractivity contribution < 1.29 is 18.1 Å². The lowest BCUT2D eigenvalue weighted by Gasteiger charge is -2.14. The first-order chi connectivity index (χ1) is 11.4. The number of benzene rings is 2. The van der Waals surface area contributed by atoms with Crippen LogP contribution in [0.3, 0.4) is 0 Å². The first kappa shape index (κ1) is 16.0. The number of rotatable bonds is 4. The van der Waals surface area contributed by atoms with Crippen LogP contribution in [0.2, 0.25) is 0 Å². The molecule has 1 aromatic heterocycles. The zero-order chi connectivity index (χ0) is 17.3. The summed E-state index contributed by atoms with van der Waals surface area (Å²) >= 11 is 0. The lowest BCUT2D eigenvalue weighted by molar-refractivity contribution is 0.393. The SMILES string of the molecule is O=c1cc(O)n(Cc2ccccc2S(=O)(=O)O)n1-c1ccccc1. The minimum atomic E-state index is -4.42. The summed E-state index contributed by atoms with van der Waals surface area (Å²) in [6.07, 6.45) is 0. The van der Waals surface area contributed by atoms with Gasteiger partial charge in [-0.15, -0.1) is 0 Å². The summed E-state index contributed by atoms with van der Waals surface area (Å²) < 4.78 is 34.8. The third kappa shape index (κ3) is 2.97. The van der Waals surface area contributed by atoms with Gasteiger partial charge in [-0.25, -0.2) is 9.36 Å². The highest BCUT2D eigenvalue weighted by Gasteiger charge is 2.18. The van der Waals surface area contributed by atoms with Gasteiger partial charge in [0.25, 0.3) is 15.7 Å². The molecule has 2 aromatic carbocycles. The summed E-state index contributed by atoms with van der Waals surface area (Å²) in [5.74, 6) is -0.311. The Kier molecular flexibility index (Phi) is 4.00. The van der Waals surface area contributed by atoms with Crippen LogP contribution in [0.1, 0.15) is 5.56 Å². The third-order valence-corrected chi connectivity index (χ3v) is 4.49. The second kappa shape index (κ2) is 5.99. The molecule has 0 bridgehead atoms. The molecule has 0 aliphatic heterocycles. The lowest BCUT2D eigenvalue weighted by Crippen LogP contribution is -2.22. The lowest BCUT2D eigenvalue weighted by atomic mass is 10.2. The molecule has 0 saturated carbocycles. The fourth-order valence-electron chi connectivity index (χ4n) is 2.50. The van der Waals surface area contributed by atoms with Crippen LogP contribution in [0.4, 0.5) is 0 Å². The molecule has 0 atom stereocenters. The van der Waals surface area contributed by atoms with E-state index in [0.29, 0.717) is 5.69 Å². The van der Waals surface area contributed by atoms with Gasteiger partial charge in [0.1, 0.15) is 0 Å². The van der Waals surface area contributed by atoms with Crippen molar-refractivity contribution in [1.29, 1.82) is 0 Å². The van der Waals surface area contributed by atoms with Crippen LogP contribution in [-0.2, 0) is 16.7 Å². The Morgan fingerprint density at radius 2 is 1.58 bits per heavy atom. The van der Waals surface area contributed by atoms with Crippen molar-refractivity contribution in [2.45, 2.75) is 11.4 Å². The number of nitrogens with zero attached hydrogens (tertiary/aromatic N) is 2. The van der Waals surface area contributed by atoms with Gasteiger partial charge in [-0.2, -0.15) is 8.42 Å². The molecule has 0 aliphatic carbocycles. The van der Waals surface area contributed by atoms with E-state index in [9.17, 15) is 22.9 Å². The second-order valence-electron chi connectivity index (χ2n) is 5.13. The van der Waals surface area contributed by atoms with Crippen LogP contribution < -0.4 is 5.56 Å². The number of aromatic hydroxyl groups is 1. The number of para-hydroxylation sites is 1. The Morgan fingerprint density at radius 3 is 2.25 bits per heavy atom. The first-order valence-corrected chi connectivity index (χ1v) is 8.44. The Morgan fingerprint density at radius 1 is 0.958 bits per heavy atom.